The summed E-state index contributed by atoms with van der Waals surface area (Å²) in [4.78, 5) is 37.1. The minimum atomic E-state index is -0.987. The third kappa shape index (κ3) is 7.01. The highest BCUT2D eigenvalue weighted by molar-refractivity contribution is 5.97. The Bertz CT molecular complexity index is 1480. The van der Waals surface area contributed by atoms with Gasteiger partial charge in [0, 0.05) is 42.7 Å². The predicted molar refractivity (Wildman–Crippen MR) is 180 cm³/mol. The largest absolute Gasteiger partial charge is 0.434 e. The maximum atomic E-state index is 14.4. The Labute approximate surface area is 283 Å². The number of ether oxygens (including phenoxy) is 1. The van der Waals surface area contributed by atoms with Crippen LogP contribution >= 0.6 is 0 Å². The molecule has 1 aromatic carbocycles. The molecule has 12 heteroatoms. The van der Waals surface area contributed by atoms with E-state index in [1.54, 1.807) is 18.7 Å². The Balaban J connectivity index is 1.03. The van der Waals surface area contributed by atoms with E-state index in [-0.39, 0.29) is 58.0 Å². The zero-order chi connectivity index (χ0) is 34.4. The first-order valence-corrected chi connectivity index (χ1v) is 17.7. The Morgan fingerprint density at radius 3 is 2.40 bits per heavy atom. The molecular weight excluding hydrogens is 613 g/mol. The summed E-state index contributed by atoms with van der Waals surface area (Å²) in [6.45, 7) is 16.1. The van der Waals surface area contributed by atoms with Crippen LogP contribution in [0, 0.1) is 23.1 Å². The number of nitrogens with zero attached hydrogens (tertiary/aromatic N) is 6. The molecule has 0 radical (unpaired) electrons. The van der Waals surface area contributed by atoms with Crippen LogP contribution in [0.2, 0.25) is 0 Å². The maximum absolute atomic E-state index is 14.4. The fourth-order valence-electron chi connectivity index (χ4n) is 8.61. The van der Waals surface area contributed by atoms with Crippen molar-refractivity contribution in [2.75, 3.05) is 37.6 Å². The van der Waals surface area contributed by atoms with E-state index in [1.807, 2.05) is 27.7 Å². The van der Waals surface area contributed by atoms with E-state index in [4.69, 9.17) is 4.74 Å². The molecule has 4 heterocycles. The molecule has 3 aliphatic heterocycles. The van der Waals surface area contributed by atoms with Crippen molar-refractivity contribution in [1.29, 1.82) is 0 Å². The van der Waals surface area contributed by atoms with Gasteiger partial charge in [0.05, 0.1) is 17.1 Å². The normalized spacial score (nSPS) is 25.9. The number of hydrogen-bond acceptors (Lipinski definition) is 9. The number of piperidine rings is 1. The van der Waals surface area contributed by atoms with Gasteiger partial charge in [-0.3, -0.25) is 9.59 Å². The number of carbonyl (C=O) groups is 2. The number of halogens is 1. The van der Waals surface area contributed by atoms with Gasteiger partial charge < -0.3 is 29.9 Å². The number of amides is 2. The molecule has 1 saturated carbocycles. The third-order valence-corrected chi connectivity index (χ3v) is 11.3. The van der Waals surface area contributed by atoms with Crippen molar-refractivity contribution >= 4 is 17.6 Å². The van der Waals surface area contributed by atoms with Crippen LogP contribution in [0.25, 0.3) is 0 Å². The van der Waals surface area contributed by atoms with E-state index in [1.165, 1.54) is 24.5 Å². The van der Waals surface area contributed by atoms with Crippen molar-refractivity contribution in [2.24, 2.45) is 17.3 Å². The van der Waals surface area contributed by atoms with Crippen LogP contribution in [0.15, 0.2) is 24.5 Å². The van der Waals surface area contributed by atoms with Crippen molar-refractivity contribution in [3.63, 3.8) is 0 Å². The van der Waals surface area contributed by atoms with Gasteiger partial charge in [-0.2, -0.15) is 0 Å². The van der Waals surface area contributed by atoms with Crippen LogP contribution in [0.1, 0.15) is 96.8 Å². The summed E-state index contributed by atoms with van der Waals surface area (Å²) in [6.07, 6.45) is 8.53. The van der Waals surface area contributed by atoms with E-state index in [0.29, 0.717) is 11.7 Å². The van der Waals surface area contributed by atoms with Gasteiger partial charge in [0.2, 0.25) is 5.91 Å². The molecule has 4 fully saturated rings. The highest BCUT2D eigenvalue weighted by Crippen LogP contribution is 2.46. The lowest BCUT2D eigenvalue weighted by Crippen LogP contribution is -2.61. The standard InChI is InChI=1S/C36H52FN7O4/c1-23(2)44(24(3)4)33(46)27-17-26(37)7-8-29(27)48-32-30(38-22-39-41-32)43-20-35(21-43)13-15-42(16-14-35)19-25-9-11-36(12-10-25)18-28(31(45)40-36)34(5,6)47/h7-8,17,22-25,28,47H,9-16,18-21H2,1-6H3,(H,40,45)/t25-,28?,36-. The Morgan fingerprint density at radius 1 is 1.12 bits per heavy atom. The monoisotopic (exact) mass is 665 g/mol. The van der Waals surface area contributed by atoms with Crippen LogP contribution in [0.5, 0.6) is 11.6 Å². The van der Waals surface area contributed by atoms with Gasteiger partial charge >= 0.3 is 0 Å². The highest BCUT2D eigenvalue weighted by Gasteiger charge is 2.51. The second-order valence-corrected chi connectivity index (χ2v) is 16.0. The molecule has 6 rings (SSSR count). The Morgan fingerprint density at radius 2 is 1.79 bits per heavy atom. The number of hydrogen-bond donors (Lipinski definition) is 2. The number of aliphatic hydroxyl groups is 1. The first-order valence-electron chi connectivity index (χ1n) is 17.7. The van der Waals surface area contributed by atoms with E-state index in [0.717, 1.165) is 77.7 Å². The molecule has 1 aliphatic carbocycles. The van der Waals surface area contributed by atoms with Gasteiger partial charge in [-0.25, -0.2) is 9.37 Å². The number of nitrogens with one attached hydrogen (secondary N) is 1. The number of aromatic nitrogens is 3. The fourth-order valence-corrected chi connectivity index (χ4v) is 8.61. The van der Waals surface area contributed by atoms with Gasteiger partial charge in [0.15, 0.2) is 5.82 Å². The van der Waals surface area contributed by atoms with Gasteiger partial charge in [0.1, 0.15) is 17.9 Å². The molecule has 1 atom stereocenters. The number of rotatable bonds is 9. The lowest BCUT2D eigenvalue weighted by Gasteiger charge is -2.54. The number of benzene rings is 1. The SMILES string of the molecule is CC(C)N(C(=O)c1cc(F)ccc1Oc1nncnc1N1CC2(CCN(C[C@H]3CC[C@]4(CC3)CC(C(C)(C)O)C(=O)N4)CC2)C1)C(C)C. The minimum Gasteiger partial charge on any atom is -0.434 e. The summed E-state index contributed by atoms with van der Waals surface area (Å²) < 4.78 is 20.6. The molecule has 48 heavy (non-hydrogen) atoms. The number of carbonyl (C=O) groups excluding carboxylic acids is 2. The zero-order valence-electron chi connectivity index (χ0n) is 29.3. The summed E-state index contributed by atoms with van der Waals surface area (Å²) in [5, 5.41) is 21.9. The summed E-state index contributed by atoms with van der Waals surface area (Å²) in [6, 6.07) is 3.82. The van der Waals surface area contributed by atoms with Crippen LogP contribution in [0.3, 0.4) is 0 Å². The molecule has 1 aromatic heterocycles. The van der Waals surface area contributed by atoms with Crippen LogP contribution in [-0.4, -0.2) is 97.8 Å². The Hall–Kier alpha value is -3.38. The molecule has 1 unspecified atom stereocenters. The lowest BCUT2D eigenvalue weighted by molar-refractivity contribution is -0.129. The Kier molecular flexibility index (Phi) is 9.45. The average Bonchev–Trinajstić information content (AvgIpc) is 3.34. The quantitative estimate of drug-likeness (QED) is 0.389. The van der Waals surface area contributed by atoms with Crippen molar-refractivity contribution in [1.82, 2.24) is 30.3 Å². The van der Waals surface area contributed by atoms with Gasteiger partial charge in [-0.05, 0) is 124 Å². The second kappa shape index (κ2) is 13.2. The first-order chi connectivity index (χ1) is 22.7. The average molecular weight is 666 g/mol. The molecule has 2 N–H and O–H groups in total. The highest BCUT2D eigenvalue weighted by atomic mass is 19.1. The van der Waals surface area contributed by atoms with E-state index in [2.05, 4.69) is 30.3 Å². The molecular formula is C36H52FN7O4. The summed E-state index contributed by atoms with van der Waals surface area (Å²) >= 11 is 0. The number of likely N-dealkylation sites (tertiary alicyclic amines) is 1. The molecule has 2 amide bonds. The van der Waals surface area contributed by atoms with Crippen molar-refractivity contribution in [3.8, 4) is 11.6 Å². The zero-order valence-corrected chi connectivity index (χ0v) is 29.3. The topological polar surface area (TPSA) is 124 Å². The van der Waals surface area contributed by atoms with E-state index >= 15 is 0 Å². The molecule has 2 aromatic rings. The molecule has 11 nitrogen and oxygen atoms in total. The van der Waals surface area contributed by atoms with Crippen molar-refractivity contribution in [2.45, 2.75) is 110 Å². The molecule has 262 valence electrons. The summed E-state index contributed by atoms with van der Waals surface area (Å²) in [5.41, 5.74) is -0.782. The molecule has 2 spiro atoms. The minimum absolute atomic E-state index is 0.00294. The molecule has 3 saturated heterocycles. The molecule has 0 bridgehead atoms. The smallest absolute Gasteiger partial charge is 0.282 e. The van der Waals surface area contributed by atoms with Gasteiger partial charge in [0.25, 0.3) is 11.8 Å². The lowest BCUT2D eigenvalue weighted by atomic mass is 9.71. The fraction of sp³-hybridized carbons (Fsp3) is 0.694. The van der Waals surface area contributed by atoms with Crippen molar-refractivity contribution in [3.05, 3.63) is 35.9 Å². The van der Waals surface area contributed by atoms with Gasteiger partial charge in [-0.1, -0.05) is 0 Å². The van der Waals surface area contributed by atoms with Crippen LogP contribution in [0.4, 0.5) is 10.2 Å². The van der Waals surface area contributed by atoms with Crippen LogP contribution < -0.4 is 15.0 Å². The van der Waals surface area contributed by atoms with E-state index in [9.17, 15) is 19.1 Å². The third-order valence-electron chi connectivity index (χ3n) is 11.3. The summed E-state index contributed by atoms with van der Waals surface area (Å²) in [7, 11) is 0. The van der Waals surface area contributed by atoms with Gasteiger partial charge in [-0.15, -0.1) is 10.2 Å². The summed E-state index contributed by atoms with van der Waals surface area (Å²) in [5.74, 6) is 0.487. The second-order valence-electron chi connectivity index (χ2n) is 16.0. The van der Waals surface area contributed by atoms with E-state index < -0.39 is 11.4 Å². The maximum Gasteiger partial charge on any atom is 0.282 e. The first kappa shape index (κ1) is 34.5. The van der Waals surface area contributed by atoms with Crippen molar-refractivity contribution < 1.29 is 23.8 Å². The molecule has 4 aliphatic rings. The predicted octanol–water partition coefficient (Wildman–Crippen LogP) is 4.80. The number of anilines is 1. The van der Waals surface area contributed by atoms with Crippen LogP contribution in [-0.2, 0) is 4.79 Å².